The molecule has 0 atom stereocenters. The van der Waals surface area contributed by atoms with E-state index in [4.69, 9.17) is 11.6 Å². The Morgan fingerprint density at radius 2 is 2.19 bits per heavy atom. The summed E-state index contributed by atoms with van der Waals surface area (Å²) >= 11 is 8.19. The summed E-state index contributed by atoms with van der Waals surface area (Å²) in [5.41, 5.74) is 0.595. The Kier molecular flexibility index (Phi) is 3.55. The van der Waals surface area contributed by atoms with E-state index in [1.807, 2.05) is 7.05 Å². The minimum Gasteiger partial charge on any atom is -0.372 e. The zero-order valence-corrected chi connectivity index (χ0v) is 11.3. The summed E-state index contributed by atoms with van der Waals surface area (Å²) in [7, 11) is 1.81. The van der Waals surface area contributed by atoms with E-state index >= 15 is 0 Å². The lowest BCUT2D eigenvalue weighted by Gasteiger charge is -2.05. The van der Waals surface area contributed by atoms with E-state index in [1.54, 1.807) is 24.5 Å². The van der Waals surface area contributed by atoms with Crippen molar-refractivity contribution in [2.45, 2.75) is 0 Å². The van der Waals surface area contributed by atoms with Gasteiger partial charge in [-0.15, -0.1) is 0 Å². The molecule has 6 heteroatoms. The fourth-order valence-corrected chi connectivity index (χ4v) is 1.94. The van der Waals surface area contributed by atoms with Gasteiger partial charge in [-0.1, -0.05) is 11.6 Å². The normalized spacial score (nSPS) is 10.2. The maximum absolute atomic E-state index is 6.03. The Morgan fingerprint density at radius 3 is 2.88 bits per heavy atom. The largest absolute Gasteiger partial charge is 0.372 e. The number of anilines is 1. The van der Waals surface area contributed by atoms with Crippen LogP contribution in [0.2, 0.25) is 5.02 Å². The van der Waals surface area contributed by atoms with Crippen LogP contribution in [-0.4, -0.2) is 22.0 Å². The van der Waals surface area contributed by atoms with E-state index in [2.05, 4.69) is 42.9 Å². The van der Waals surface area contributed by atoms with Crippen LogP contribution < -0.4 is 5.32 Å². The fourth-order valence-electron chi connectivity index (χ4n) is 1.21. The summed E-state index contributed by atoms with van der Waals surface area (Å²) in [6, 6.07) is 3.54. The van der Waals surface area contributed by atoms with E-state index in [0.29, 0.717) is 16.5 Å². The predicted octanol–water partition coefficient (Wildman–Crippen LogP) is 2.84. The molecule has 4 nitrogen and oxygen atoms in total. The summed E-state index contributed by atoms with van der Waals surface area (Å²) in [6.07, 6.45) is 3.40. The van der Waals surface area contributed by atoms with Crippen LogP contribution in [0.1, 0.15) is 0 Å². The van der Waals surface area contributed by atoms with Crippen molar-refractivity contribution in [1.82, 2.24) is 15.0 Å². The van der Waals surface area contributed by atoms with Gasteiger partial charge in [0.2, 0.25) is 0 Å². The predicted molar refractivity (Wildman–Crippen MR) is 72.5 cm³/mol. The van der Waals surface area contributed by atoms with Crippen molar-refractivity contribution in [2.24, 2.45) is 0 Å². The maximum atomic E-state index is 6.03. The molecule has 1 N–H and O–H groups in total. The minimum atomic E-state index is 0.523. The summed E-state index contributed by atoms with van der Waals surface area (Å²) in [5, 5.41) is 3.54. The van der Waals surface area contributed by atoms with Gasteiger partial charge in [0.15, 0.2) is 5.82 Å². The molecule has 0 aliphatic rings. The molecule has 0 bridgehead atoms. The monoisotopic (exact) mass is 346 g/mol. The Labute approximate surface area is 112 Å². The van der Waals surface area contributed by atoms with Gasteiger partial charge in [0.1, 0.15) is 11.5 Å². The first-order valence-corrected chi connectivity index (χ1v) is 5.99. The molecule has 2 heterocycles. The highest BCUT2D eigenvalue weighted by atomic mass is 127. The van der Waals surface area contributed by atoms with Crippen molar-refractivity contribution in [3.63, 3.8) is 0 Å². The van der Waals surface area contributed by atoms with Crippen molar-refractivity contribution in [3.8, 4) is 11.5 Å². The lowest BCUT2D eigenvalue weighted by atomic mass is 10.3. The molecular weight excluding hydrogens is 338 g/mol. The van der Waals surface area contributed by atoms with E-state index in [9.17, 15) is 0 Å². The van der Waals surface area contributed by atoms with Gasteiger partial charge in [0.05, 0.1) is 8.59 Å². The molecule has 0 aliphatic heterocycles. The third-order valence-electron chi connectivity index (χ3n) is 1.95. The number of halogens is 2. The Morgan fingerprint density at radius 1 is 1.38 bits per heavy atom. The molecule has 0 spiro atoms. The highest BCUT2D eigenvalue weighted by Gasteiger charge is 2.09. The first-order valence-electron chi connectivity index (χ1n) is 4.53. The van der Waals surface area contributed by atoms with Crippen LogP contribution >= 0.6 is 34.2 Å². The van der Waals surface area contributed by atoms with Crippen LogP contribution in [0.3, 0.4) is 0 Å². The Bertz CT molecular complexity index is 518. The van der Waals surface area contributed by atoms with Crippen LogP contribution in [0, 0.1) is 3.57 Å². The van der Waals surface area contributed by atoms with Gasteiger partial charge >= 0.3 is 0 Å². The maximum Gasteiger partial charge on any atom is 0.181 e. The van der Waals surface area contributed by atoms with Gasteiger partial charge in [0.25, 0.3) is 0 Å². The van der Waals surface area contributed by atoms with E-state index < -0.39 is 0 Å². The molecule has 2 rings (SSSR count). The molecule has 2 aromatic heterocycles. The fraction of sp³-hybridized carbons (Fsp3) is 0.100. The number of hydrogen-bond acceptors (Lipinski definition) is 4. The molecule has 0 saturated heterocycles. The van der Waals surface area contributed by atoms with Gasteiger partial charge in [-0.3, -0.25) is 4.98 Å². The zero-order valence-electron chi connectivity index (χ0n) is 8.41. The third-order valence-corrected chi connectivity index (χ3v) is 3.05. The first-order chi connectivity index (χ1) is 7.72. The minimum absolute atomic E-state index is 0.523. The van der Waals surface area contributed by atoms with Crippen LogP contribution in [-0.2, 0) is 0 Å². The van der Waals surface area contributed by atoms with Crippen molar-refractivity contribution in [2.75, 3.05) is 12.4 Å². The van der Waals surface area contributed by atoms with E-state index in [0.717, 1.165) is 9.39 Å². The van der Waals surface area contributed by atoms with Crippen LogP contribution in [0.15, 0.2) is 24.5 Å². The van der Waals surface area contributed by atoms with Gasteiger partial charge in [-0.05, 0) is 34.7 Å². The number of pyridine rings is 1. The Balaban J connectivity index is 2.53. The average molecular weight is 347 g/mol. The molecule has 0 aliphatic carbocycles. The van der Waals surface area contributed by atoms with Crippen molar-refractivity contribution >= 4 is 40.0 Å². The Hall–Kier alpha value is -0.950. The van der Waals surface area contributed by atoms with Gasteiger partial charge < -0.3 is 5.32 Å². The molecular formula is C10H8ClIN4. The molecule has 0 aromatic carbocycles. The molecule has 0 fully saturated rings. The molecule has 0 amide bonds. The van der Waals surface area contributed by atoms with Crippen molar-refractivity contribution in [1.29, 1.82) is 0 Å². The first kappa shape index (κ1) is 11.5. The van der Waals surface area contributed by atoms with E-state index in [-0.39, 0.29) is 0 Å². The number of aromatic nitrogens is 3. The van der Waals surface area contributed by atoms with Gasteiger partial charge in [0, 0.05) is 19.4 Å². The zero-order chi connectivity index (χ0) is 11.5. The van der Waals surface area contributed by atoms with E-state index in [1.165, 1.54) is 0 Å². The molecule has 82 valence electrons. The molecule has 0 saturated carbocycles. The summed E-state index contributed by atoms with van der Waals surface area (Å²) in [6.45, 7) is 0. The van der Waals surface area contributed by atoms with Gasteiger partial charge in [-0.25, -0.2) is 9.97 Å². The number of rotatable bonds is 2. The molecule has 0 radical (unpaired) electrons. The second-order valence-corrected chi connectivity index (χ2v) is 4.54. The van der Waals surface area contributed by atoms with Crippen molar-refractivity contribution < 1.29 is 0 Å². The summed E-state index contributed by atoms with van der Waals surface area (Å²) < 4.78 is 0.955. The molecule has 16 heavy (non-hydrogen) atoms. The third kappa shape index (κ3) is 2.25. The van der Waals surface area contributed by atoms with Crippen molar-refractivity contribution in [3.05, 3.63) is 33.1 Å². The molecule has 0 unspecified atom stereocenters. The number of nitrogens with zero attached hydrogens (tertiary/aromatic N) is 3. The van der Waals surface area contributed by atoms with Gasteiger partial charge in [-0.2, -0.15) is 0 Å². The summed E-state index contributed by atoms with van der Waals surface area (Å²) in [4.78, 5) is 12.7. The highest BCUT2D eigenvalue weighted by molar-refractivity contribution is 14.1. The van der Waals surface area contributed by atoms with Crippen LogP contribution in [0.4, 0.5) is 5.82 Å². The standard InChI is InChI=1S/C10H8ClIN4/c1-13-9-7(12)5-15-10(16-9)8-6(11)3-2-4-14-8/h2-5H,1H3,(H,13,15,16). The second kappa shape index (κ2) is 4.92. The quantitative estimate of drug-likeness (QED) is 0.850. The van der Waals surface area contributed by atoms with Crippen LogP contribution in [0.25, 0.3) is 11.5 Å². The number of hydrogen-bond donors (Lipinski definition) is 1. The summed E-state index contributed by atoms with van der Waals surface area (Å²) in [5.74, 6) is 1.29. The SMILES string of the molecule is CNc1nc(-c2ncccc2Cl)ncc1I. The lowest BCUT2D eigenvalue weighted by Crippen LogP contribution is -2.00. The smallest absolute Gasteiger partial charge is 0.181 e. The topological polar surface area (TPSA) is 50.7 Å². The van der Waals surface area contributed by atoms with Crippen LogP contribution in [0.5, 0.6) is 0 Å². The average Bonchev–Trinajstić information content (AvgIpc) is 2.31. The number of nitrogens with one attached hydrogen (secondary N) is 1. The second-order valence-electron chi connectivity index (χ2n) is 2.97. The highest BCUT2D eigenvalue weighted by Crippen LogP contribution is 2.24. The lowest BCUT2D eigenvalue weighted by molar-refractivity contribution is 1.12. The molecule has 2 aromatic rings.